The van der Waals surface area contributed by atoms with Crippen molar-refractivity contribution in [2.24, 2.45) is 5.41 Å². The van der Waals surface area contributed by atoms with Crippen molar-refractivity contribution < 1.29 is 13.2 Å². The first kappa shape index (κ1) is 15.5. The summed E-state index contributed by atoms with van der Waals surface area (Å²) in [5.41, 5.74) is -0.176. The molecule has 1 aromatic rings. The van der Waals surface area contributed by atoms with Crippen molar-refractivity contribution >= 4 is 17.3 Å². The van der Waals surface area contributed by atoms with Crippen LogP contribution < -0.4 is 5.32 Å². The average Bonchev–Trinajstić information content (AvgIpc) is 2.30. The first-order valence-corrected chi connectivity index (χ1v) is 7.21. The lowest BCUT2D eigenvalue weighted by Gasteiger charge is -2.39. The van der Waals surface area contributed by atoms with Gasteiger partial charge in [-0.2, -0.15) is 13.2 Å². The van der Waals surface area contributed by atoms with Crippen LogP contribution in [0.3, 0.4) is 0 Å². The molecule has 20 heavy (non-hydrogen) atoms. The third-order valence-corrected chi connectivity index (χ3v) is 4.29. The molecule has 5 heteroatoms. The Balaban J connectivity index is 2.23. The van der Waals surface area contributed by atoms with Crippen molar-refractivity contribution in [2.75, 3.05) is 5.32 Å². The van der Waals surface area contributed by atoms with E-state index in [2.05, 4.69) is 19.2 Å². The van der Waals surface area contributed by atoms with E-state index in [1.165, 1.54) is 6.42 Å². The second-order valence-corrected chi connectivity index (χ2v) is 6.59. The van der Waals surface area contributed by atoms with Crippen LogP contribution in [0.25, 0.3) is 0 Å². The molecule has 1 saturated carbocycles. The highest BCUT2D eigenvalue weighted by atomic mass is 35.5. The number of halogens is 4. The topological polar surface area (TPSA) is 12.0 Å². The lowest BCUT2D eigenvalue weighted by atomic mass is 9.73. The zero-order chi connectivity index (χ0) is 15.0. The van der Waals surface area contributed by atoms with Gasteiger partial charge in [-0.1, -0.05) is 38.3 Å². The number of alkyl halides is 3. The molecule has 112 valence electrons. The van der Waals surface area contributed by atoms with Gasteiger partial charge >= 0.3 is 6.18 Å². The van der Waals surface area contributed by atoms with Gasteiger partial charge in [-0.15, -0.1) is 0 Å². The van der Waals surface area contributed by atoms with Gasteiger partial charge in [0.15, 0.2) is 0 Å². The number of benzene rings is 1. The summed E-state index contributed by atoms with van der Waals surface area (Å²) in [5, 5.41) is 3.35. The van der Waals surface area contributed by atoms with Gasteiger partial charge in [0.1, 0.15) is 0 Å². The van der Waals surface area contributed by atoms with Gasteiger partial charge in [0.2, 0.25) is 0 Å². The second-order valence-electron chi connectivity index (χ2n) is 6.16. The minimum absolute atomic E-state index is 0.0823. The third kappa shape index (κ3) is 3.60. The van der Waals surface area contributed by atoms with Crippen LogP contribution in [0, 0.1) is 5.41 Å². The highest BCUT2D eigenvalue weighted by Crippen LogP contribution is 2.39. The lowest BCUT2D eigenvalue weighted by molar-refractivity contribution is -0.137. The van der Waals surface area contributed by atoms with Gasteiger partial charge < -0.3 is 5.32 Å². The fraction of sp³-hybridized carbons (Fsp3) is 0.600. The number of hydrogen-bond donors (Lipinski definition) is 1. The van der Waals surface area contributed by atoms with Crippen LogP contribution in [0.15, 0.2) is 18.2 Å². The molecule has 0 aromatic heterocycles. The fourth-order valence-corrected chi connectivity index (χ4v) is 3.03. The molecule has 1 unspecified atom stereocenters. The van der Waals surface area contributed by atoms with E-state index in [4.69, 9.17) is 11.6 Å². The monoisotopic (exact) mass is 305 g/mol. The molecule has 1 aliphatic carbocycles. The number of hydrogen-bond acceptors (Lipinski definition) is 1. The standard InChI is InChI=1S/C15H19ClF3N/c1-14(2)6-4-3-5-13(14)20-12-8-10(15(17,18)19)7-11(16)9-12/h7-9,13,20H,3-6H2,1-2H3. The SMILES string of the molecule is CC1(C)CCCCC1Nc1cc(Cl)cc(C(F)(F)F)c1. The van der Waals surface area contributed by atoms with Crippen molar-refractivity contribution in [2.45, 2.75) is 51.7 Å². The molecule has 1 nitrogen and oxygen atoms in total. The van der Waals surface area contributed by atoms with Crippen molar-refractivity contribution in [3.63, 3.8) is 0 Å². The molecule has 0 bridgehead atoms. The first-order chi connectivity index (χ1) is 9.18. The zero-order valence-corrected chi connectivity index (χ0v) is 12.4. The average molecular weight is 306 g/mol. The minimum Gasteiger partial charge on any atom is -0.382 e. The number of rotatable bonds is 2. The summed E-state index contributed by atoms with van der Waals surface area (Å²) in [7, 11) is 0. The van der Waals surface area contributed by atoms with E-state index in [1.807, 2.05) is 0 Å². The normalized spacial score (nSPS) is 22.6. The van der Waals surface area contributed by atoms with E-state index in [-0.39, 0.29) is 16.5 Å². The summed E-state index contributed by atoms with van der Waals surface area (Å²) in [5.74, 6) is 0. The summed E-state index contributed by atoms with van der Waals surface area (Å²) >= 11 is 5.80. The molecule has 0 aliphatic heterocycles. The van der Waals surface area contributed by atoms with Crippen molar-refractivity contribution in [3.8, 4) is 0 Å². The Bertz CT molecular complexity index is 482. The summed E-state index contributed by atoms with van der Waals surface area (Å²) in [6.07, 6.45) is -0.0377. The smallest absolute Gasteiger partial charge is 0.382 e. The second kappa shape index (κ2) is 5.47. The zero-order valence-electron chi connectivity index (χ0n) is 11.6. The number of nitrogens with one attached hydrogen (secondary N) is 1. The maximum absolute atomic E-state index is 12.8. The predicted octanol–water partition coefficient (Wildman–Crippen LogP) is 5.74. The molecule has 0 spiro atoms. The molecule has 1 fully saturated rings. The largest absolute Gasteiger partial charge is 0.416 e. The van der Waals surface area contributed by atoms with Gasteiger partial charge in [-0.05, 0) is 36.5 Å². The van der Waals surface area contributed by atoms with Gasteiger partial charge in [-0.25, -0.2) is 0 Å². The van der Waals surface area contributed by atoms with Crippen LogP contribution in [0.1, 0.15) is 45.1 Å². The van der Waals surface area contributed by atoms with Gasteiger partial charge in [0, 0.05) is 16.8 Å². The van der Waals surface area contributed by atoms with Crippen LogP contribution >= 0.6 is 11.6 Å². The molecule has 0 heterocycles. The van der Waals surface area contributed by atoms with Crippen LogP contribution in [0.2, 0.25) is 5.02 Å². The quantitative estimate of drug-likeness (QED) is 0.734. The predicted molar refractivity (Wildman–Crippen MR) is 76.1 cm³/mol. The molecule has 1 aromatic carbocycles. The van der Waals surface area contributed by atoms with Crippen molar-refractivity contribution in [1.29, 1.82) is 0 Å². The van der Waals surface area contributed by atoms with Gasteiger partial charge in [0.05, 0.1) is 5.56 Å². The Hall–Kier alpha value is -0.900. The number of anilines is 1. The minimum atomic E-state index is -4.37. The van der Waals surface area contributed by atoms with E-state index in [1.54, 1.807) is 6.07 Å². The van der Waals surface area contributed by atoms with Crippen LogP contribution in [-0.4, -0.2) is 6.04 Å². The maximum Gasteiger partial charge on any atom is 0.416 e. The first-order valence-electron chi connectivity index (χ1n) is 6.83. The summed E-state index contributed by atoms with van der Waals surface area (Å²) in [6, 6.07) is 3.83. The molecule has 0 radical (unpaired) electrons. The molecular weight excluding hydrogens is 287 g/mol. The summed E-state index contributed by atoms with van der Waals surface area (Å²) < 4.78 is 38.4. The Morgan fingerprint density at radius 1 is 1.20 bits per heavy atom. The molecule has 0 amide bonds. The Labute approximate surface area is 122 Å². The van der Waals surface area contributed by atoms with Gasteiger partial charge in [0.25, 0.3) is 0 Å². The molecule has 0 saturated heterocycles. The molecule has 2 rings (SSSR count). The van der Waals surface area contributed by atoms with E-state index < -0.39 is 11.7 Å². The Morgan fingerprint density at radius 2 is 1.90 bits per heavy atom. The molecule has 1 N–H and O–H groups in total. The highest BCUT2D eigenvalue weighted by molar-refractivity contribution is 6.30. The van der Waals surface area contributed by atoms with Crippen molar-refractivity contribution in [3.05, 3.63) is 28.8 Å². The van der Waals surface area contributed by atoms with Crippen LogP contribution in [-0.2, 0) is 6.18 Å². The Kier molecular flexibility index (Phi) is 4.24. The van der Waals surface area contributed by atoms with E-state index in [9.17, 15) is 13.2 Å². The lowest BCUT2D eigenvalue weighted by Crippen LogP contribution is -2.38. The van der Waals surface area contributed by atoms with E-state index in [0.717, 1.165) is 31.4 Å². The Morgan fingerprint density at radius 3 is 2.50 bits per heavy atom. The maximum atomic E-state index is 12.8. The molecule has 1 atom stereocenters. The summed E-state index contributed by atoms with van der Waals surface area (Å²) in [6.45, 7) is 4.30. The van der Waals surface area contributed by atoms with Crippen molar-refractivity contribution in [1.82, 2.24) is 0 Å². The van der Waals surface area contributed by atoms with Crippen LogP contribution in [0.4, 0.5) is 18.9 Å². The van der Waals surface area contributed by atoms with E-state index in [0.29, 0.717) is 5.69 Å². The molecule has 1 aliphatic rings. The van der Waals surface area contributed by atoms with Gasteiger partial charge in [-0.3, -0.25) is 0 Å². The third-order valence-electron chi connectivity index (χ3n) is 4.07. The van der Waals surface area contributed by atoms with Crippen LogP contribution in [0.5, 0.6) is 0 Å². The van der Waals surface area contributed by atoms with E-state index >= 15 is 0 Å². The summed E-state index contributed by atoms with van der Waals surface area (Å²) in [4.78, 5) is 0. The fourth-order valence-electron chi connectivity index (χ4n) is 2.80. The highest BCUT2D eigenvalue weighted by Gasteiger charge is 2.34. The molecular formula is C15H19ClF3N.